The molecule has 0 spiro atoms. The summed E-state index contributed by atoms with van der Waals surface area (Å²) >= 11 is 1.10. The maximum absolute atomic E-state index is 12.6. The summed E-state index contributed by atoms with van der Waals surface area (Å²) in [5.74, 6) is 0.672. The van der Waals surface area contributed by atoms with Crippen molar-refractivity contribution in [1.82, 2.24) is 19.6 Å². The lowest BCUT2D eigenvalue weighted by molar-refractivity contribution is -0.134. The average molecular weight is 374 g/mol. The van der Waals surface area contributed by atoms with E-state index in [1.165, 1.54) is 16.1 Å². The van der Waals surface area contributed by atoms with E-state index < -0.39 is 0 Å². The van der Waals surface area contributed by atoms with Gasteiger partial charge in [0.2, 0.25) is 0 Å². The third-order valence-electron chi connectivity index (χ3n) is 3.94. The van der Waals surface area contributed by atoms with Gasteiger partial charge >= 0.3 is 0 Å². The summed E-state index contributed by atoms with van der Waals surface area (Å²) < 4.78 is 14.2. The van der Waals surface area contributed by atoms with Gasteiger partial charge in [0.25, 0.3) is 11.8 Å². The molecule has 0 bridgehead atoms. The molecule has 9 heteroatoms. The van der Waals surface area contributed by atoms with Crippen LogP contribution in [0.5, 0.6) is 11.5 Å². The summed E-state index contributed by atoms with van der Waals surface area (Å²) in [7, 11) is 3.13. The summed E-state index contributed by atoms with van der Waals surface area (Å²) in [5.41, 5.74) is 0.953. The van der Waals surface area contributed by atoms with Crippen LogP contribution in [-0.4, -0.2) is 58.7 Å². The Bertz CT molecular complexity index is 822. The Hall–Kier alpha value is -2.94. The van der Waals surface area contributed by atoms with E-state index in [0.717, 1.165) is 11.5 Å². The number of amides is 2. The van der Waals surface area contributed by atoms with E-state index in [0.29, 0.717) is 36.6 Å². The average Bonchev–Trinajstić information content (AvgIpc) is 3.37. The Morgan fingerprint density at radius 3 is 2.69 bits per heavy atom. The number of carbonyl (C=O) groups is 2. The molecule has 1 saturated heterocycles. The van der Waals surface area contributed by atoms with E-state index in [1.807, 2.05) is 0 Å². The van der Waals surface area contributed by atoms with Crippen LogP contribution in [0.15, 0.2) is 29.7 Å². The molecule has 3 rings (SSSR count). The van der Waals surface area contributed by atoms with Gasteiger partial charge in [-0.15, -0.1) is 5.10 Å². The van der Waals surface area contributed by atoms with Crippen molar-refractivity contribution in [3.63, 3.8) is 0 Å². The summed E-state index contributed by atoms with van der Waals surface area (Å²) in [6.45, 7) is 0.945. The molecule has 0 atom stereocenters. The quantitative estimate of drug-likeness (QED) is 0.743. The van der Waals surface area contributed by atoms with Gasteiger partial charge in [0.05, 0.1) is 14.2 Å². The molecular weight excluding hydrogens is 356 g/mol. The van der Waals surface area contributed by atoms with Crippen molar-refractivity contribution in [3.05, 3.63) is 40.9 Å². The zero-order chi connectivity index (χ0) is 18.5. The van der Waals surface area contributed by atoms with Crippen molar-refractivity contribution in [2.24, 2.45) is 0 Å². The van der Waals surface area contributed by atoms with Crippen molar-refractivity contribution >= 4 is 29.4 Å². The second-order valence-corrected chi connectivity index (χ2v) is 6.08. The first-order valence-electron chi connectivity index (χ1n) is 7.94. The summed E-state index contributed by atoms with van der Waals surface area (Å²) in [6.07, 6.45) is 3.78. The van der Waals surface area contributed by atoms with Gasteiger partial charge in [-0.25, -0.2) is 10.0 Å². The van der Waals surface area contributed by atoms with Gasteiger partial charge in [-0.1, -0.05) is 4.49 Å². The molecule has 2 heterocycles. The highest BCUT2D eigenvalue weighted by Gasteiger charge is 2.31. The molecule has 1 aromatic heterocycles. The molecule has 1 aliphatic heterocycles. The van der Waals surface area contributed by atoms with E-state index >= 15 is 0 Å². The van der Waals surface area contributed by atoms with Crippen LogP contribution in [0.3, 0.4) is 0 Å². The van der Waals surface area contributed by atoms with Crippen LogP contribution >= 0.6 is 11.5 Å². The SMILES string of the molecule is COc1ccc(OC)c(/C=C/C(=O)N2CCCN2C(=O)c2csnn2)c1. The smallest absolute Gasteiger partial charge is 0.293 e. The molecule has 136 valence electrons. The van der Waals surface area contributed by atoms with Gasteiger partial charge in [0.1, 0.15) is 11.5 Å². The predicted molar refractivity (Wildman–Crippen MR) is 95.9 cm³/mol. The number of hydrazine groups is 1. The van der Waals surface area contributed by atoms with Gasteiger partial charge in [-0.2, -0.15) is 0 Å². The minimum Gasteiger partial charge on any atom is -0.497 e. The third-order valence-corrected chi connectivity index (χ3v) is 4.45. The molecule has 0 saturated carbocycles. The summed E-state index contributed by atoms with van der Waals surface area (Å²) in [4.78, 5) is 25.1. The zero-order valence-corrected chi connectivity index (χ0v) is 15.2. The minimum absolute atomic E-state index is 0.244. The maximum atomic E-state index is 12.6. The highest BCUT2D eigenvalue weighted by Crippen LogP contribution is 2.25. The van der Waals surface area contributed by atoms with Crippen molar-refractivity contribution in [2.75, 3.05) is 27.3 Å². The first-order chi connectivity index (χ1) is 12.6. The number of methoxy groups -OCH3 is 2. The topological polar surface area (TPSA) is 84.9 Å². The monoisotopic (exact) mass is 374 g/mol. The normalized spacial score (nSPS) is 14.1. The van der Waals surface area contributed by atoms with Crippen LogP contribution in [0, 0.1) is 0 Å². The van der Waals surface area contributed by atoms with Gasteiger partial charge in [-0.05, 0) is 42.2 Å². The number of hydrogen-bond acceptors (Lipinski definition) is 7. The predicted octanol–water partition coefficient (Wildman–Crippen LogP) is 1.86. The Balaban J connectivity index is 1.77. The number of carbonyl (C=O) groups excluding carboxylic acids is 2. The molecule has 1 aliphatic rings. The fourth-order valence-electron chi connectivity index (χ4n) is 2.66. The molecule has 2 aromatic rings. The van der Waals surface area contributed by atoms with Crippen molar-refractivity contribution in [3.8, 4) is 11.5 Å². The molecule has 0 aliphatic carbocycles. The summed E-state index contributed by atoms with van der Waals surface area (Å²) in [6, 6.07) is 5.32. The highest BCUT2D eigenvalue weighted by molar-refractivity contribution is 7.03. The van der Waals surface area contributed by atoms with E-state index in [1.54, 1.807) is 43.9 Å². The van der Waals surface area contributed by atoms with Gasteiger partial charge < -0.3 is 9.47 Å². The van der Waals surface area contributed by atoms with Crippen LogP contribution in [0.1, 0.15) is 22.5 Å². The fourth-order valence-corrected chi connectivity index (χ4v) is 3.09. The second kappa shape index (κ2) is 7.96. The zero-order valence-electron chi connectivity index (χ0n) is 14.4. The second-order valence-electron chi connectivity index (χ2n) is 5.47. The molecule has 0 radical (unpaired) electrons. The van der Waals surface area contributed by atoms with Crippen LogP contribution < -0.4 is 9.47 Å². The van der Waals surface area contributed by atoms with Crippen LogP contribution in [0.25, 0.3) is 6.08 Å². The molecule has 8 nitrogen and oxygen atoms in total. The van der Waals surface area contributed by atoms with Crippen LogP contribution in [0.4, 0.5) is 0 Å². The Kier molecular flexibility index (Phi) is 5.47. The molecule has 1 aromatic carbocycles. The van der Waals surface area contributed by atoms with E-state index in [2.05, 4.69) is 9.59 Å². The molecule has 26 heavy (non-hydrogen) atoms. The molecule has 0 N–H and O–H groups in total. The number of benzene rings is 1. The van der Waals surface area contributed by atoms with Crippen molar-refractivity contribution in [2.45, 2.75) is 6.42 Å². The lowest BCUT2D eigenvalue weighted by Gasteiger charge is -2.26. The number of aromatic nitrogens is 2. The molecule has 1 fully saturated rings. The number of hydrogen-bond donors (Lipinski definition) is 0. The number of rotatable bonds is 5. The first kappa shape index (κ1) is 17.9. The van der Waals surface area contributed by atoms with Crippen molar-refractivity contribution < 1.29 is 19.1 Å². The van der Waals surface area contributed by atoms with E-state index in [-0.39, 0.29) is 17.5 Å². The minimum atomic E-state index is -0.322. The lowest BCUT2D eigenvalue weighted by atomic mass is 10.1. The van der Waals surface area contributed by atoms with E-state index in [4.69, 9.17) is 9.47 Å². The third kappa shape index (κ3) is 3.67. The Labute approximate surface area is 154 Å². The van der Waals surface area contributed by atoms with Crippen molar-refractivity contribution in [1.29, 1.82) is 0 Å². The van der Waals surface area contributed by atoms with Gasteiger partial charge in [0, 0.05) is 30.1 Å². The lowest BCUT2D eigenvalue weighted by Crippen LogP contribution is -2.44. The Morgan fingerprint density at radius 1 is 1.19 bits per heavy atom. The number of nitrogens with zero attached hydrogens (tertiary/aromatic N) is 4. The summed E-state index contributed by atoms with van der Waals surface area (Å²) in [5, 5.41) is 8.18. The highest BCUT2D eigenvalue weighted by atomic mass is 32.1. The van der Waals surface area contributed by atoms with Gasteiger partial charge in [0.15, 0.2) is 5.69 Å². The molecular formula is C17H18N4O4S. The molecule has 0 unspecified atom stereocenters. The van der Waals surface area contributed by atoms with E-state index in [9.17, 15) is 9.59 Å². The van der Waals surface area contributed by atoms with Crippen LogP contribution in [0.2, 0.25) is 0 Å². The molecule has 2 amide bonds. The Morgan fingerprint density at radius 2 is 2.00 bits per heavy atom. The largest absolute Gasteiger partial charge is 0.497 e. The van der Waals surface area contributed by atoms with Gasteiger partial charge in [-0.3, -0.25) is 9.59 Å². The maximum Gasteiger partial charge on any atom is 0.293 e. The van der Waals surface area contributed by atoms with Crippen LogP contribution in [-0.2, 0) is 4.79 Å². The fraction of sp³-hybridized carbons (Fsp3) is 0.294. The standard InChI is InChI=1S/C17H18N4O4S/c1-24-13-5-6-15(25-2)12(10-13)4-7-16(22)20-8-3-9-21(20)17(23)14-11-26-19-18-14/h4-7,10-11H,3,8-9H2,1-2H3/b7-4+. The number of ether oxygens (including phenoxy) is 2. The first-order valence-corrected chi connectivity index (χ1v) is 8.78.